The van der Waals surface area contributed by atoms with Gasteiger partial charge in [0.15, 0.2) is 5.69 Å². The summed E-state index contributed by atoms with van der Waals surface area (Å²) in [6, 6.07) is 0. The first-order valence-electron chi connectivity index (χ1n) is 3.68. The fourth-order valence-corrected chi connectivity index (χ4v) is 1.11. The number of aromatic nitrogens is 3. The summed E-state index contributed by atoms with van der Waals surface area (Å²) in [4.78, 5) is 19.0. The summed E-state index contributed by atoms with van der Waals surface area (Å²) in [7, 11) is 1.32. The third-order valence-corrected chi connectivity index (χ3v) is 1.72. The molecule has 2 aromatic rings. The molecular weight excluding hydrogens is 170 g/mol. The van der Waals surface area contributed by atoms with E-state index in [1.165, 1.54) is 13.3 Å². The van der Waals surface area contributed by atoms with E-state index in [0.717, 1.165) is 0 Å². The molecule has 0 spiro atoms. The Morgan fingerprint density at radius 3 is 3.23 bits per heavy atom. The molecule has 0 aliphatic carbocycles. The predicted molar refractivity (Wildman–Crippen MR) is 44.3 cm³/mol. The molecule has 2 aromatic heterocycles. The Labute approximate surface area is 74.0 Å². The summed E-state index contributed by atoms with van der Waals surface area (Å²) in [6.45, 7) is 0. The van der Waals surface area contributed by atoms with Crippen LogP contribution in [-0.2, 0) is 4.74 Å². The molecule has 5 heteroatoms. The molecule has 5 nitrogen and oxygen atoms in total. The highest BCUT2D eigenvalue weighted by molar-refractivity contribution is 5.94. The number of methoxy groups -OCH3 is 1. The smallest absolute Gasteiger partial charge is 0.358 e. The van der Waals surface area contributed by atoms with Crippen molar-refractivity contribution in [3.8, 4) is 0 Å². The quantitative estimate of drug-likeness (QED) is 0.596. The Hall–Kier alpha value is -1.91. The van der Waals surface area contributed by atoms with Crippen molar-refractivity contribution in [3.63, 3.8) is 0 Å². The van der Waals surface area contributed by atoms with E-state index < -0.39 is 5.97 Å². The molecule has 0 bridgehead atoms. The monoisotopic (exact) mass is 177 g/mol. The normalized spacial score (nSPS) is 10.2. The van der Waals surface area contributed by atoms with Gasteiger partial charge >= 0.3 is 5.97 Å². The number of ether oxygens (including phenoxy) is 1. The van der Waals surface area contributed by atoms with E-state index in [0.29, 0.717) is 5.52 Å². The molecule has 0 aliphatic heterocycles. The van der Waals surface area contributed by atoms with Gasteiger partial charge in [-0.2, -0.15) is 0 Å². The Morgan fingerprint density at radius 2 is 2.46 bits per heavy atom. The standard InChI is InChI=1S/C8H7N3O2/c1-13-8(12)7-6-4-9-5-11(6)3-2-10-7/h2-5H,1H3. The molecule has 0 saturated carbocycles. The average Bonchev–Trinajstić information content (AvgIpc) is 2.63. The van der Waals surface area contributed by atoms with Crippen molar-refractivity contribution in [1.82, 2.24) is 14.4 Å². The number of imidazole rings is 1. The van der Waals surface area contributed by atoms with Crippen molar-refractivity contribution in [2.24, 2.45) is 0 Å². The maximum Gasteiger partial charge on any atom is 0.358 e. The van der Waals surface area contributed by atoms with Gasteiger partial charge in [-0.15, -0.1) is 0 Å². The third kappa shape index (κ3) is 1.14. The lowest BCUT2D eigenvalue weighted by molar-refractivity contribution is 0.0596. The second-order valence-electron chi connectivity index (χ2n) is 2.45. The molecule has 0 radical (unpaired) electrons. The molecule has 13 heavy (non-hydrogen) atoms. The Kier molecular flexibility index (Phi) is 1.70. The van der Waals surface area contributed by atoms with Crippen LogP contribution in [0.2, 0.25) is 0 Å². The van der Waals surface area contributed by atoms with E-state index in [2.05, 4.69) is 14.7 Å². The van der Waals surface area contributed by atoms with Crippen LogP contribution in [-0.4, -0.2) is 27.4 Å². The number of fused-ring (bicyclic) bond motifs is 1. The summed E-state index contributed by atoms with van der Waals surface area (Å²) in [5, 5.41) is 0. The first kappa shape index (κ1) is 7.72. The Morgan fingerprint density at radius 1 is 1.62 bits per heavy atom. The van der Waals surface area contributed by atoms with E-state index >= 15 is 0 Å². The lowest BCUT2D eigenvalue weighted by atomic mass is 10.4. The highest BCUT2D eigenvalue weighted by Gasteiger charge is 2.11. The van der Waals surface area contributed by atoms with Crippen LogP contribution in [0.4, 0.5) is 0 Å². The molecule has 0 aliphatic rings. The molecule has 0 amide bonds. The first-order valence-corrected chi connectivity index (χ1v) is 3.68. The second kappa shape index (κ2) is 2.85. The molecule has 0 N–H and O–H groups in total. The third-order valence-electron chi connectivity index (χ3n) is 1.72. The number of hydrogen-bond donors (Lipinski definition) is 0. The van der Waals surface area contributed by atoms with Crippen LogP contribution in [0.25, 0.3) is 5.52 Å². The topological polar surface area (TPSA) is 56.5 Å². The van der Waals surface area contributed by atoms with Crippen LogP contribution in [0, 0.1) is 0 Å². The fraction of sp³-hybridized carbons (Fsp3) is 0.125. The van der Waals surface area contributed by atoms with Crippen LogP contribution >= 0.6 is 0 Å². The van der Waals surface area contributed by atoms with Gasteiger partial charge in [-0.3, -0.25) is 0 Å². The molecule has 0 fully saturated rings. The fourth-order valence-electron chi connectivity index (χ4n) is 1.11. The van der Waals surface area contributed by atoms with Crippen LogP contribution < -0.4 is 0 Å². The molecule has 2 rings (SSSR count). The maximum atomic E-state index is 11.2. The minimum atomic E-state index is -0.453. The molecule has 0 unspecified atom stereocenters. The van der Waals surface area contributed by atoms with Crippen LogP contribution in [0.1, 0.15) is 10.5 Å². The minimum absolute atomic E-state index is 0.280. The zero-order valence-corrected chi connectivity index (χ0v) is 6.97. The summed E-state index contributed by atoms with van der Waals surface area (Å²) in [5.74, 6) is -0.453. The van der Waals surface area contributed by atoms with Crippen molar-refractivity contribution in [2.45, 2.75) is 0 Å². The summed E-state index contributed by atoms with van der Waals surface area (Å²) >= 11 is 0. The number of hydrogen-bond acceptors (Lipinski definition) is 4. The van der Waals surface area contributed by atoms with Crippen molar-refractivity contribution >= 4 is 11.5 Å². The van der Waals surface area contributed by atoms with Crippen molar-refractivity contribution in [1.29, 1.82) is 0 Å². The van der Waals surface area contributed by atoms with E-state index in [1.54, 1.807) is 23.1 Å². The number of nitrogens with zero attached hydrogens (tertiary/aromatic N) is 3. The van der Waals surface area contributed by atoms with Gasteiger partial charge in [0.05, 0.1) is 25.2 Å². The zero-order valence-electron chi connectivity index (χ0n) is 6.97. The lowest BCUT2D eigenvalue weighted by Gasteiger charge is -1.99. The zero-order chi connectivity index (χ0) is 9.26. The summed E-state index contributed by atoms with van der Waals surface area (Å²) in [5.41, 5.74) is 0.928. The number of carbonyl (C=O) groups is 1. The highest BCUT2D eigenvalue weighted by atomic mass is 16.5. The summed E-state index contributed by atoms with van der Waals surface area (Å²) < 4.78 is 6.28. The van der Waals surface area contributed by atoms with Gasteiger partial charge in [-0.25, -0.2) is 14.8 Å². The van der Waals surface area contributed by atoms with E-state index in [1.807, 2.05) is 0 Å². The van der Waals surface area contributed by atoms with E-state index in [4.69, 9.17) is 0 Å². The number of rotatable bonds is 1. The largest absolute Gasteiger partial charge is 0.464 e. The van der Waals surface area contributed by atoms with Gasteiger partial charge in [0.25, 0.3) is 0 Å². The summed E-state index contributed by atoms with van der Waals surface area (Å²) in [6.07, 6.45) is 6.42. The Bertz CT molecular complexity index is 449. The van der Waals surface area contributed by atoms with Gasteiger partial charge in [-0.05, 0) is 0 Å². The SMILES string of the molecule is COC(=O)c1nccn2cncc12. The average molecular weight is 177 g/mol. The van der Waals surface area contributed by atoms with Crippen LogP contribution in [0.5, 0.6) is 0 Å². The molecule has 2 heterocycles. The van der Waals surface area contributed by atoms with E-state index in [9.17, 15) is 4.79 Å². The van der Waals surface area contributed by atoms with Gasteiger partial charge in [-0.1, -0.05) is 0 Å². The van der Waals surface area contributed by atoms with Crippen molar-refractivity contribution in [3.05, 3.63) is 30.6 Å². The molecule has 0 atom stereocenters. The van der Waals surface area contributed by atoms with Gasteiger partial charge < -0.3 is 9.14 Å². The molecule has 0 saturated heterocycles. The van der Waals surface area contributed by atoms with Crippen molar-refractivity contribution in [2.75, 3.05) is 7.11 Å². The van der Waals surface area contributed by atoms with Crippen molar-refractivity contribution < 1.29 is 9.53 Å². The Balaban J connectivity index is 2.67. The predicted octanol–water partition coefficient (Wildman–Crippen LogP) is 0.516. The van der Waals surface area contributed by atoms with Gasteiger partial charge in [0, 0.05) is 12.4 Å². The first-order chi connectivity index (χ1) is 6.33. The number of carbonyl (C=O) groups excluding carboxylic acids is 1. The highest BCUT2D eigenvalue weighted by Crippen LogP contribution is 2.07. The molecular formula is C8H7N3O2. The maximum absolute atomic E-state index is 11.2. The second-order valence-corrected chi connectivity index (χ2v) is 2.45. The van der Waals surface area contributed by atoms with Crippen LogP contribution in [0.3, 0.4) is 0 Å². The van der Waals surface area contributed by atoms with Crippen LogP contribution in [0.15, 0.2) is 24.9 Å². The molecule has 0 aromatic carbocycles. The minimum Gasteiger partial charge on any atom is -0.464 e. The van der Waals surface area contributed by atoms with Gasteiger partial charge in [0.1, 0.15) is 0 Å². The van der Waals surface area contributed by atoms with E-state index in [-0.39, 0.29) is 5.69 Å². The number of esters is 1. The molecule has 66 valence electrons. The lowest BCUT2D eigenvalue weighted by Crippen LogP contribution is -2.05. The van der Waals surface area contributed by atoms with Gasteiger partial charge in [0.2, 0.25) is 0 Å².